The average molecular weight is 270 g/mol. The van der Waals surface area contributed by atoms with Crippen LogP contribution in [0.2, 0.25) is 0 Å². The van der Waals surface area contributed by atoms with E-state index in [9.17, 15) is 4.79 Å². The average Bonchev–Trinajstić information content (AvgIpc) is 2.36. The summed E-state index contributed by atoms with van der Waals surface area (Å²) in [6.45, 7) is 4.49. The maximum atomic E-state index is 12.0. The number of amides is 1. The lowest BCUT2D eigenvalue weighted by atomic mass is 10.1. The molecule has 1 aromatic carbocycles. The summed E-state index contributed by atoms with van der Waals surface area (Å²) >= 11 is 6.07. The molecule has 0 bridgehead atoms. The van der Waals surface area contributed by atoms with Crippen molar-refractivity contribution in [1.82, 2.24) is 5.32 Å². The standard InChI is InChI=1S/C14H20ClNO2/c1-4-5-11(15)9-16-14(17)12-8-10(2)6-7-13(12)18-3/h6-8,11H,4-5,9H2,1-3H3,(H,16,17). The van der Waals surface area contributed by atoms with Gasteiger partial charge in [-0.25, -0.2) is 0 Å². The van der Waals surface area contributed by atoms with E-state index in [1.165, 1.54) is 0 Å². The second-order valence-corrected chi connectivity index (χ2v) is 4.92. The summed E-state index contributed by atoms with van der Waals surface area (Å²) in [6.07, 6.45) is 1.91. The molecule has 1 rings (SSSR count). The van der Waals surface area contributed by atoms with E-state index in [1.54, 1.807) is 13.2 Å². The lowest BCUT2D eigenvalue weighted by Crippen LogP contribution is -2.30. The van der Waals surface area contributed by atoms with Crippen molar-refractivity contribution in [2.75, 3.05) is 13.7 Å². The third kappa shape index (κ3) is 4.22. The van der Waals surface area contributed by atoms with Gasteiger partial charge in [-0.15, -0.1) is 11.6 Å². The molecule has 4 heteroatoms. The number of rotatable bonds is 6. The Kier molecular flexibility index (Phi) is 5.99. The first kappa shape index (κ1) is 14.8. The molecule has 0 aliphatic heterocycles. The topological polar surface area (TPSA) is 38.3 Å². The molecule has 100 valence electrons. The molecule has 0 saturated carbocycles. The molecule has 1 amide bonds. The summed E-state index contributed by atoms with van der Waals surface area (Å²) in [7, 11) is 1.56. The zero-order chi connectivity index (χ0) is 13.5. The fourth-order valence-electron chi connectivity index (χ4n) is 1.71. The van der Waals surface area contributed by atoms with Crippen molar-refractivity contribution in [3.63, 3.8) is 0 Å². The first-order valence-electron chi connectivity index (χ1n) is 6.15. The van der Waals surface area contributed by atoms with Gasteiger partial charge in [0.05, 0.1) is 18.1 Å². The van der Waals surface area contributed by atoms with Crippen LogP contribution in [0.25, 0.3) is 0 Å². The summed E-state index contributed by atoms with van der Waals surface area (Å²) < 4.78 is 5.18. The van der Waals surface area contributed by atoms with Crippen molar-refractivity contribution in [2.24, 2.45) is 0 Å². The van der Waals surface area contributed by atoms with E-state index in [-0.39, 0.29) is 11.3 Å². The monoisotopic (exact) mass is 269 g/mol. The molecule has 0 aliphatic rings. The molecule has 0 fully saturated rings. The lowest BCUT2D eigenvalue weighted by Gasteiger charge is -2.12. The first-order chi connectivity index (χ1) is 8.58. The highest BCUT2D eigenvalue weighted by molar-refractivity contribution is 6.20. The molecular formula is C14H20ClNO2. The molecule has 0 spiro atoms. The number of carbonyl (C=O) groups excluding carboxylic acids is 1. The summed E-state index contributed by atoms with van der Waals surface area (Å²) in [4.78, 5) is 12.0. The number of hydrogen-bond acceptors (Lipinski definition) is 2. The predicted molar refractivity (Wildman–Crippen MR) is 74.6 cm³/mol. The Morgan fingerprint density at radius 3 is 2.83 bits per heavy atom. The van der Waals surface area contributed by atoms with Crippen molar-refractivity contribution in [1.29, 1.82) is 0 Å². The number of benzene rings is 1. The minimum Gasteiger partial charge on any atom is -0.496 e. The maximum Gasteiger partial charge on any atom is 0.255 e. The van der Waals surface area contributed by atoms with Crippen LogP contribution in [-0.4, -0.2) is 24.9 Å². The molecular weight excluding hydrogens is 250 g/mol. The van der Waals surface area contributed by atoms with Gasteiger partial charge < -0.3 is 10.1 Å². The van der Waals surface area contributed by atoms with Crippen molar-refractivity contribution in [3.8, 4) is 5.75 Å². The van der Waals surface area contributed by atoms with Gasteiger partial charge in [-0.2, -0.15) is 0 Å². The van der Waals surface area contributed by atoms with E-state index in [1.807, 2.05) is 19.1 Å². The third-order valence-electron chi connectivity index (χ3n) is 2.69. The molecule has 0 heterocycles. The van der Waals surface area contributed by atoms with Gasteiger partial charge in [0.1, 0.15) is 5.75 Å². The van der Waals surface area contributed by atoms with Gasteiger partial charge in [0, 0.05) is 6.54 Å². The molecule has 0 aromatic heterocycles. The molecule has 1 atom stereocenters. The van der Waals surface area contributed by atoms with Gasteiger partial charge in [0.15, 0.2) is 0 Å². The minimum absolute atomic E-state index is 0.0187. The second kappa shape index (κ2) is 7.27. The van der Waals surface area contributed by atoms with Crippen LogP contribution < -0.4 is 10.1 Å². The zero-order valence-electron chi connectivity index (χ0n) is 11.1. The van der Waals surface area contributed by atoms with Gasteiger partial charge >= 0.3 is 0 Å². The first-order valence-corrected chi connectivity index (χ1v) is 6.59. The Labute approximate surface area is 113 Å². The van der Waals surface area contributed by atoms with E-state index in [4.69, 9.17) is 16.3 Å². The number of halogens is 1. The van der Waals surface area contributed by atoms with Crippen molar-refractivity contribution in [2.45, 2.75) is 32.1 Å². The van der Waals surface area contributed by atoms with Crippen LogP contribution in [0.15, 0.2) is 18.2 Å². The summed E-state index contributed by atoms with van der Waals surface area (Å²) in [5, 5.41) is 2.82. The summed E-state index contributed by atoms with van der Waals surface area (Å²) in [6, 6.07) is 5.53. The van der Waals surface area contributed by atoms with Gasteiger partial charge in [-0.05, 0) is 25.5 Å². The molecule has 1 N–H and O–H groups in total. The molecule has 1 aromatic rings. The van der Waals surface area contributed by atoms with Crippen LogP contribution in [0.3, 0.4) is 0 Å². The van der Waals surface area contributed by atoms with E-state index >= 15 is 0 Å². The Morgan fingerprint density at radius 2 is 2.22 bits per heavy atom. The number of methoxy groups -OCH3 is 1. The SMILES string of the molecule is CCCC(Cl)CNC(=O)c1cc(C)ccc1OC. The maximum absolute atomic E-state index is 12.0. The van der Waals surface area contributed by atoms with Crippen LogP contribution in [0.5, 0.6) is 5.75 Å². The number of ether oxygens (including phenoxy) is 1. The van der Waals surface area contributed by atoms with Crippen LogP contribution in [-0.2, 0) is 0 Å². The third-order valence-corrected chi connectivity index (χ3v) is 3.06. The highest BCUT2D eigenvalue weighted by Gasteiger charge is 2.13. The van der Waals surface area contributed by atoms with Crippen LogP contribution in [0.1, 0.15) is 35.7 Å². The number of alkyl halides is 1. The fourth-order valence-corrected chi connectivity index (χ4v) is 2.01. The number of aryl methyl sites for hydroxylation is 1. The van der Waals surface area contributed by atoms with Crippen LogP contribution >= 0.6 is 11.6 Å². The van der Waals surface area contributed by atoms with Gasteiger partial charge in [0.2, 0.25) is 0 Å². The summed E-state index contributed by atoms with van der Waals surface area (Å²) in [5.41, 5.74) is 1.58. The van der Waals surface area contributed by atoms with E-state index < -0.39 is 0 Å². The van der Waals surface area contributed by atoms with E-state index in [0.717, 1.165) is 18.4 Å². The Morgan fingerprint density at radius 1 is 1.50 bits per heavy atom. The fraction of sp³-hybridized carbons (Fsp3) is 0.500. The molecule has 3 nitrogen and oxygen atoms in total. The van der Waals surface area contributed by atoms with Crippen LogP contribution in [0.4, 0.5) is 0 Å². The number of nitrogens with one attached hydrogen (secondary N) is 1. The van der Waals surface area contributed by atoms with E-state index in [2.05, 4.69) is 12.2 Å². The number of hydrogen-bond donors (Lipinski definition) is 1. The molecule has 0 radical (unpaired) electrons. The zero-order valence-corrected chi connectivity index (χ0v) is 11.9. The van der Waals surface area contributed by atoms with Gasteiger partial charge in [0.25, 0.3) is 5.91 Å². The lowest BCUT2D eigenvalue weighted by molar-refractivity contribution is 0.0950. The molecule has 1 unspecified atom stereocenters. The van der Waals surface area contributed by atoms with Gasteiger partial charge in [-0.1, -0.05) is 25.0 Å². The molecule has 0 aliphatic carbocycles. The highest BCUT2D eigenvalue weighted by atomic mass is 35.5. The van der Waals surface area contributed by atoms with Crippen LogP contribution in [0, 0.1) is 6.92 Å². The largest absolute Gasteiger partial charge is 0.496 e. The highest BCUT2D eigenvalue weighted by Crippen LogP contribution is 2.19. The minimum atomic E-state index is -0.141. The van der Waals surface area contributed by atoms with Crippen molar-refractivity contribution < 1.29 is 9.53 Å². The number of carbonyl (C=O) groups is 1. The molecule has 0 saturated heterocycles. The Hall–Kier alpha value is -1.22. The Bertz CT molecular complexity index is 407. The smallest absolute Gasteiger partial charge is 0.255 e. The summed E-state index contributed by atoms with van der Waals surface area (Å²) in [5.74, 6) is 0.442. The molecule has 18 heavy (non-hydrogen) atoms. The predicted octanol–water partition coefficient (Wildman–Crippen LogP) is 3.14. The van der Waals surface area contributed by atoms with Gasteiger partial charge in [-0.3, -0.25) is 4.79 Å². The van der Waals surface area contributed by atoms with Crippen molar-refractivity contribution >= 4 is 17.5 Å². The second-order valence-electron chi connectivity index (χ2n) is 4.30. The van der Waals surface area contributed by atoms with E-state index in [0.29, 0.717) is 17.9 Å². The Balaban J connectivity index is 2.68. The van der Waals surface area contributed by atoms with Crippen molar-refractivity contribution in [3.05, 3.63) is 29.3 Å². The normalized spacial score (nSPS) is 12.0. The quantitative estimate of drug-likeness (QED) is 0.806.